The SMILES string of the molecule is C[C@@H]1CCCC[C@@H]1n1c(=O)n(Cc2csc(-c3ccc(Cl)cc3)n2)c2cnc3[nH]ccc3c21. The Kier molecular flexibility index (Phi) is 5.11. The van der Waals surface area contributed by atoms with Crippen molar-refractivity contribution < 1.29 is 0 Å². The summed E-state index contributed by atoms with van der Waals surface area (Å²) >= 11 is 7.61. The number of hydrogen-bond acceptors (Lipinski definition) is 4. The predicted molar refractivity (Wildman–Crippen MR) is 134 cm³/mol. The number of hydrogen-bond donors (Lipinski definition) is 1. The molecule has 0 saturated heterocycles. The first-order valence-corrected chi connectivity index (χ1v) is 12.6. The van der Waals surface area contributed by atoms with E-state index in [-0.39, 0.29) is 11.7 Å². The van der Waals surface area contributed by atoms with E-state index in [1.807, 2.05) is 57.2 Å². The number of aromatic amines is 1. The number of halogens is 1. The van der Waals surface area contributed by atoms with Crippen LogP contribution in [-0.2, 0) is 6.54 Å². The number of fused-ring (bicyclic) bond motifs is 3. The van der Waals surface area contributed by atoms with Crippen LogP contribution < -0.4 is 5.69 Å². The molecule has 1 aliphatic carbocycles. The van der Waals surface area contributed by atoms with Gasteiger partial charge in [-0.3, -0.25) is 9.13 Å². The van der Waals surface area contributed by atoms with E-state index in [4.69, 9.17) is 16.6 Å². The lowest BCUT2D eigenvalue weighted by molar-refractivity contribution is 0.256. The average Bonchev–Trinajstić information content (AvgIpc) is 3.54. The average molecular weight is 478 g/mol. The van der Waals surface area contributed by atoms with Crippen molar-refractivity contribution in [2.45, 2.75) is 45.2 Å². The molecule has 8 heteroatoms. The van der Waals surface area contributed by atoms with Crippen molar-refractivity contribution >= 4 is 45.0 Å². The number of imidazole rings is 1. The quantitative estimate of drug-likeness (QED) is 0.332. The van der Waals surface area contributed by atoms with Crippen LogP contribution >= 0.6 is 22.9 Å². The van der Waals surface area contributed by atoms with Crippen LogP contribution in [0.5, 0.6) is 0 Å². The molecule has 0 spiro atoms. The van der Waals surface area contributed by atoms with Gasteiger partial charge in [0.05, 0.1) is 29.5 Å². The second kappa shape index (κ2) is 8.15. The Morgan fingerprint density at radius 1 is 1.18 bits per heavy atom. The minimum Gasteiger partial charge on any atom is -0.346 e. The number of rotatable bonds is 4. The minimum absolute atomic E-state index is 0.0280. The molecule has 0 unspecified atom stereocenters. The summed E-state index contributed by atoms with van der Waals surface area (Å²) in [4.78, 5) is 26.5. The Balaban J connectivity index is 1.47. The molecule has 0 radical (unpaired) electrons. The van der Waals surface area contributed by atoms with Crippen LogP contribution in [0.1, 0.15) is 44.3 Å². The molecule has 33 heavy (non-hydrogen) atoms. The summed E-state index contributed by atoms with van der Waals surface area (Å²) in [5, 5.41) is 4.66. The number of nitrogens with zero attached hydrogens (tertiary/aromatic N) is 4. The van der Waals surface area contributed by atoms with Crippen molar-refractivity contribution in [3.8, 4) is 10.6 Å². The smallest absolute Gasteiger partial charge is 0.329 e. The standard InChI is InChI=1S/C25H24ClN5OS/c1-15-4-2-3-5-20(15)31-22-19-10-11-27-23(19)28-12-21(22)30(25(31)32)13-18-14-33-24(29-18)16-6-8-17(26)9-7-16/h6-12,14-15,20H,2-5,13H2,1H3,(H,27,28)/t15-,20+/m1/s1. The number of H-pyrrole nitrogens is 1. The summed E-state index contributed by atoms with van der Waals surface area (Å²) in [7, 11) is 0. The maximum absolute atomic E-state index is 13.9. The van der Waals surface area contributed by atoms with E-state index in [9.17, 15) is 4.79 Å². The van der Waals surface area contributed by atoms with E-state index in [1.165, 1.54) is 6.42 Å². The van der Waals surface area contributed by atoms with Crippen molar-refractivity contribution in [1.82, 2.24) is 24.1 Å². The van der Waals surface area contributed by atoms with Crippen molar-refractivity contribution in [3.63, 3.8) is 0 Å². The number of benzene rings is 1. The van der Waals surface area contributed by atoms with E-state index in [0.717, 1.165) is 57.6 Å². The van der Waals surface area contributed by atoms with Gasteiger partial charge in [0.25, 0.3) is 0 Å². The molecule has 1 aromatic carbocycles. The molecule has 1 saturated carbocycles. The van der Waals surface area contributed by atoms with E-state index in [0.29, 0.717) is 17.5 Å². The molecule has 5 aromatic rings. The lowest BCUT2D eigenvalue weighted by Gasteiger charge is -2.29. The summed E-state index contributed by atoms with van der Waals surface area (Å²) in [6.07, 6.45) is 8.30. The largest absolute Gasteiger partial charge is 0.346 e. The number of pyridine rings is 1. The molecule has 1 N–H and O–H groups in total. The van der Waals surface area contributed by atoms with E-state index in [1.54, 1.807) is 11.3 Å². The third-order valence-electron chi connectivity index (χ3n) is 6.87. The number of nitrogens with one attached hydrogen (secondary N) is 1. The molecule has 0 aliphatic heterocycles. The summed E-state index contributed by atoms with van der Waals surface area (Å²) in [6.45, 7) is 2.69. The molecule has 168 valence electrons. The number of aromatic nitrogens is 5. The highest BCUT2D eigenvalue weighted by Crippen LogP contribution is 2.36. The van der Waals surface area contributed by atoms with E-state index >= 15 is 0 Å². The zero-order valence-electron chi connectivity index (χ0n) is 18.3. The Hall–Kier alpha value is -2.90. The van der Waals surface area contributed by atoms with Crippen LogP contribution in [0.2, 0.25) is 5.02 Å². The zero-order valence-corrected chi connectivity index (χ0v) is 19.9. The van der Waals surface area contributed by atoms with E-state index in [2.05, 4.69) is 16.9 Å². The van der Waals surface area contributed by atoms with Crippen LogP contribution in [0.4, 0.5) is 0 Å². The van der Waals surface area contributed by atoms with Gasteiger partial charge in [0.15, 0.2) is 0 Å². The molecule has 6 nitrogen and oxygen atoms in total. The Morgan fingerprint density at radius 3 is 2.82 bits per heavy atom. The second-order valence-corrected chi connectivity index (χ2v) is 10.2. The minimum atomic E-state index is 0.0280. The zero-order chi connectivity index (χ0) is 22.5. The molecular formula is C25H24ClN5OS. The lowest BCUT2D eigenvalue weighted by atomic mass is 9.85. The van der Waals surface area contributed by atoms with Crippen LogP contribution in [0.25, 0.3) is 32.6 Å². The van der Waals surface area contributed by atoms with Crippen molar-refractivity contribution in [2.75, 3.05) is 0 Å². The molecule has 1 aliphatic rings. The maximum atomic E-state index is 13.9. The van der Waals surface area contributed by atoms with Crippen LogP contribution in [0.15, 0.2) is 52.9 Å². The van der Waals surface area contributed by atoms with Gasteiger partial charge in [-0.05, 0) is 37.0 Å². The summed E-state index contributed by atoms with van der Waals surface area (Å²) < 4.78 is 3.89. The molecule has 0 bridgehead atoms. The fourth-order valence-corrected chi connectivity index (χ4v) is 6.11. The topological polar surface area (TPSA) is 68.5 Å². The van der Waals surface area contributed by atoms with Crippen LogP contribution in [-0.4, -0.2) is 24.1 Å². The van der Waals surface area contributed by atoms with E-state index < -0.39 is 0 Å². The highest BCUT2D eigenvalue weighted by atomic mass is 35.5. The third-order valence-corrected chi connectivity index (χ3v) is 8.06. The fourth-order valence-electron chi connectivity index (χ4n) is 5.17. The first-order valence-electron chi connectivity index (χ1n) is 11.4. The summed E-state index contributed by atoms with van der Waals surface area (Å²) in [6, 6.07) is 9.92. The number of thiazole rings is 1. The Labute approximate surface area is 199 Å². The normalized spacial score (nSPS) is 19.0. The maximum Gasteiger partial charge on any atom is 0.329 e. The second-order valence-electron chi connectivity index (χ2n) is 8.95. The van der Waals surface area contributed by atoms with Crippen LogP contribution in [0.3, 0.4) is 0 Å². The highest BCUT2D eigenvalue weighted by Gasteiger charge is 2.29. The van der Waals surface area contributed by atoms with Gasteiger partial charge in [-0.2, -0.15) is 0 Å². The molecule has 0 amide bonds. The molecule has 6 rings (SSSR count). The summed E-state index contributed by atoms with van der Waals surface area (Å²) in [5.41, 5.74) is 4.59. The van der Waals surface area contributed by atoms with Gasteiger partial charge in [-0.1, -0.05) is 43.5 Å². The first kappa shape index (κ1) is 20.7. The Bertz CT molecular complexity index is 1510. The fraction of sp³-hybridized carbons (Fsp3) is 0.320. The Morgan fingerprint density at radius 2 is 2.00 bits per heavy atom. The van der Waals surface area contributed by atoms with Crippen molar-refractivity contribution in [2.24, 2.45) is 5.92 Å². The van der Waals surface area contributed by atoms with Gasteiger partial charge in [0.2, 0.25) is 0 Å². The molecular weight excluding hydrogens is 454 g/mol. The predicted octanol–water partition coefficient (Wildman–Crippen LogP) is 6.26. The third kappa shape index (κ3) is 3.50. The molecule has 1 fully saturated rings. The lowest BCUT2D eigenvalue weighted by Crippen LogP contribution is -2.32. The highest BCUT2D eigenvalue weighted by molar-refractivity contribution is 7.13. The van der Waals surface area contributed by atoms with Gasteiger partial charge in [0.1, 0.15) is 10.7 Å². The van der Waals surface area contributed by atoms with Crippen molar-refractivity contribution in [1.29, 1.82) is 0 Å². The monoisotopic (exact) mass is 477 g/mol. The first-order chi connectivity index (χ1) is 16.1. The van der Waals surface area contributed by atoms with Gasteiger partial charge >= 0.3 is 5.69 Å². The van der Waals surface area contributed by atoms with Gasteiger partial charge in [0, 0.05) is 33.6 Å². The van der Waals surface area contributed by atoms with Gasteiger partial charge < -0.3 is 4.98 Å². The molecule has 2 atom stereocenters. The molecule has 4 aromatic heterocycles. The van der Waals surface area contributed by atoms with Gasteiger partial charge in [-0.25, -0.2) is 14.8 Å². The van der Waals surface area contributed by atoms with Crippen molar-refractivity contribution in [3.05, 3.63) is 69.3 Å². The summed E-state index contributed by atoms with van der Waals surface area (Å²) in [5.74, 6) is 0.466. The molecule has 4 heterocycles. The van der Waals surface area contributed by atoms with Gasteiger partial charge in [-0.15, -0.1) is 11.3 Å². The van der Waals surface area contributed by atoms with Crippen LogP contribution in [0, 0.1) is 5.92 Å².